The molecule has 0 fully saturated rings. The normalized spacial score (nSPS) is 14.2. The van der Waals surface area contributed by atoms with Crippen LogP contribution in [-0.4, -0.2) is 24.3 Å². The van der Waals surface area contributed by atoms with Crippen LogP contribution < -0.4 is 10.1 Å². The number of hydrogen-bond acceptors (Lipinski definition) is 3. The number of ether oxygens (including phenoxy) is 1. The number of rotatable bonds is 8. The molecule has 2 unspecified atom stereocenters. The SMILES string of the molecule is CCCNC(CC)C(O)c1cc(C)ccc1OCC. The van der Waals surface area contributed by atoms with Gasteiger partial charge < -0.3 is 15.2 Å². The molecule has 0 amide bonds. The molecule has 0 spiro atoms. The highest BCUT2D eigenvalue weighted by molar-refractivity contribution is 5.39. The topological polar surface area (TPSA) is 41.5 Å². The van der Waals surface area contributed by atoms with Gasteiger partial charge in [0.15, 0.2) is 0 Å². The maximum Gasteiger partial charge on any atom is 0.125 e. The van der Waals surface area contributed by atoms with E-state index in [4.69, 9.17) is 4.74 Å². The van der Waals surface area contributed by atoms with E-state index in [2.05, 4.69) is 19.2 Å². The first-order chi connectivity index (χ1) is 9.13. The minimum atomic E-state index is -0.530. The van der Waals surface area contributed by atoms with Crippen LogP contribution in [-0.2, 0) is 0 Å². The summed E-state index contributed by atoms with van der Waals surface area (Å²) in [7, 11) is 0. The first-order valence-electron chi connectivity index (χ1n) is 7.28. The Morgan fingerprint density at radius 2 is 2.00 bits per heavy atom. The number of benzene rings is 1. The lowest BCUT2D eigenvalue weighted by molar-refractivity contribution is 0.122. The fraction of sp³-hybridized carbons (Fsp3) is 0.625. The first-order valence-corrected chi connectivity index (χ1v) is 7.28. The van der Waals surface area contributed by atoms with Crippen molar-refractivity contribution in [1.29, 1.82) is 0 Å². The molecule has 0 saturated heterocycles. The van der Waals surface area contributed by atoms with Gasteiger partial charge in [-0.3, -0.25) is 0 Å². The van der Waals surface area contributed by atoms with Gasteiger partial charge in [-0.15, -0.1) is 0 Å². The molecule has 0 aliphatic carbocycles. The lowest BCUT2D eigenvalue weighted by Gasteiger charge is -2.25. The number of nitrogens with one attached hydrogen (secondary N) is 1. The molecule has 0 aromatic heterocycles. The van der Waals surface area contributed by atoms with Gasteiger partial charge in [0.1, 0.15) is 5.75 Å². The smallest absolute Gasteiger partial charge is 0.125 e. The Morgan fingerprint density at radius 3 is 2.58 bits per heavy atom. The summed E-state index contributed by atoms with van der Waals surface area (Å²) in [5.41, 5.74) is 2.03. The second kappa shape index (κ2) is 8.18. The Morgan fingerprint density at radius 1 is 1.26 bits per heavy atom. The summed E-state index contributed by atoms with van der Waals surface area (Å²) < 4.78 is 5.62. The van der Waals surface area contributed by atoms with Crippen molar-refractivity contribution in [2.45, 2.75) is 52.7 Å². The Kier molecular flexibility index (Phi) is 6.89. The van der Waals surface area contributed by atoms with E-state index in [0.29, 0.717) is 6.61 Å². The van der Waals surface area contributed by atoms with Gasteiger partial charge in [-0.2, -0.15) is 0 Å². The van der Waals surface area contributed by atoms with E-state index in [1.807, 2.05) is 32.0 Å². The van der Waals surface area contributed by atoms with Gasteiger partial charge in [-0.25, -0.2) is 0 Å². The second-order valence-electron chi connectivity index (χ2n) is 4.89. The molecule has 0 aliphatic rings. The standard InChI is InChI=1S/C16H27NO2/c1-5-10-17-14(6-2)16(18)13-11-12(4)8-9-15(13)19-7-3/h8-9,11,14,16-18H,5-7,10H2,1-4H3. The number of aryl methyl sites for hydroxylation is 1. The van der Waals surface area contributed by atoms with Crippen molar-refractivity contribution in [3.05, 3.63) is 29.3 Å². The van der Waals surface area contributed by atoms with E-state index in [9.17, 15) is 5.11 Å². The van der Waals surface area contributed by atoms with Crippen LogP contribution in [0.3, 0.4) is 0 Å². The van der Waals surface area contributed by atoms with Crippen LogP contribution in [0.1, 0.15) is 50.8 Å². The molecule has 1 aromatic carbocycles. The van der Waals surface area contributed by atoms with Crippen LogP contribution >= 0.6 is 0 Å². The van der Waals surface area contributed by atoms with Gasteiger partial charge in [0.2, 0.25) is 0 Å². The van der Waals surface area contributed by atoms with Gasteiger partial charge in [0.25, 0.3) is 0 Å². The molecule has 0 radical (unpaired) electrons. The molecular formula is C16H27NO2. The zero-order valence-electron chi connectivity index (χ0n) is 12.6. The van der Waals surface area contributed by atoms with E-state index >= 15 is 0 Å². The van der Waals surface area contributed by atoms with Gasteiger partial charge in [0.05, 0.1) is 12.7 Å². The molecule has 1 rings (SSSR count). The van der Waals surface area contributed by atoms with Crippen molar-refractivity contribution in [2.24, 2.45) is 0 Å². The van der Waals surface area contributed by atoms with Crippen molar-refractivity contribution in [3.8, 4) is 5.75 Å². The van der Waals surface area contributed by atoms with E-state index in [0.717, 1.165) is 36.3 Å². The van der Waals surface area contributed by atoms with E-state index < -0.39 is 6.10 Å². The number of aliphatic hydroxyl groups excluding tert-OH is 1. The lowest BCUT2D eigenvalue weighted by atomic mass is 9.97. The lowest BCUT2D eigenvalue weighted by Crippen LogP contribution is -2.35. The van der Waals surface area contributed by atoms with Crippen LogP contribution in [0.25, 0.3) is 0 Å². The number of aliphatic hydroxyl groups is 1. The summed E-state index contributed by atoms with van der Waals surface area (Å²) in [6.45, 7) is 9.75. The molecule has 2 atom stereocenters. The Bertz CT molecular complexity index is 379. The third-order valence-corrected chi connectivity index (χ3v) is 3.26. The molecule has 2 N–H and O–H groups in total. The Labute approximate surface area is 117 Å². The molecule has 0 saturated carbocycles. The van der Waals surface area contributed by atoms with E-state index in [-0.39, 0.29) is 6.04 Å². The quantitative estimate of drug-likeness (QED) is 0.758. The predicted octanol–water partition coefficient (Wildman–Crippen LogP) is 3.21. The summed E-state index contributed by atoms with van der Waals surface area (Å²) in [5, 5.41) is 14.0. The van der Waals surface area contributed by atoms with E-state index in [1.54, 1.807) is 0 Å². The first kappa shape index (κ1) is 16.0. The molecule has 108 valence electrons. The molecule has 0 heterocycles. The van der Waals surface area contributed by atoms with Gasteiger partial charge in [-0.1, -0.05) is 25.5 Å². The molecule has 0 bridgehead atoms. The zero-order valence-corrected chi connectivity index (χ0v) is 12.6. The second-order valence-corrected chi connectivity index (χ2v) is 4.89. The summed E-state index contributed by atoms with van der Waals surface area (Å²) in [6.07, 6.45) is 1.42. The van der Waals surface area contributed by atoms with Gasteiger partial charge in [-0.05, 0) is 45.4 Å². The fourth-order valence-electron chi connectivity index (χ4n) is 2.21. The molecule has 3 heteroatoms. The van der Waals surface area contributed by atoms with Crippen molar-refractivity contribution < 1.29 is 9.84 Å². The van der Waals surface area contributed by atoms with Crippen LogP contribution in [0.4, 0.5) is 0 Å². The van der Waals surface area contributed by atoms with Crippen molar-refractivity contribution in [2.75, 3.05) is 13.2 Å². The zero-order chi connectivity index (χ0) is 14.3. The van der Waals surface area contributed by atoms with Gasteiger partial charge in [0, 0.05) is 11.6 Å². The molecular weight excluding hydrogens is 238 g/mol. The van der Waals surface area contributed by atoms with Crippen molar-refractivity contribution in [1.82, 2.24) is 5.32 Å². The van der Waals surface area contributed by atoms with Crippen molar-refractivity contribution in [3.63, 3.8) is 0 Å². The Balaban J connectivity index is 2.94. The molecule has 1 aromatic rings. The van der Waals surface area contributed by atoms with Crippen LogP contribution in [0, 0.1) is 6.92 Å². The predicted molar refractivity (Wildman–Crippen MR) is 79.7 cm³/mol. The summed E-state index contributed by atoms with van der Waals surface area (Å²) in [4.78, 5) is 0. The minimum Gasteiger partial charge on any atom is -0.493 e. The molecule has 3 nitrogen and oxygen atoms in total. The Hall–Kier alpha value is -1.06. The third-order valence-electron chi connectivity index (χ3n) is 3.26. The van der Waals surface area contributed by atoms with Gasteiger partial charge >= 0.3 is 0 Å². The average molecular weight is 265 g/mol. The maximum atomic E-state index is 10.6. The number of hydrogen-bond donors (Lipinski definition) is 2. The minimum absolute atomic E-state index is 0.0703. The largest absolute Gasteiger partial charge is 0.493 e. The highest BCUT2D eigenvalue weighted by Gasteiger charge is 2.22. The fourth-order valence-corrected chi connectivity index (χ4v) is 2.21. The highest BCUT2D eigenvalue weighted by atomic mass is 16.5. The van der Waals surface area contributed by atoms with E-state index in [1.165, 1.54) is 0 Å². The monoisotopic (exact) mass is 265 g/mol. The molecule has 0 aliphatic heterocycles. The van der Waals surface area contributed by atoms with Crippen LogP contribution in [0.15, 0.2) is 18.2 Å². The molecule has 19 heavy (non-hydrogen) atoms. The third kappa shape index (κ3) is 4.51. The summed E-state index contributed by atoms with van der Waals surface area (Å²) in [5.74, 6) is 0.789. The maximum absolute atomic E-state index is 10.6. The van der Waals surface area contributed by atoms with Crippen LogP contribution in [0.5, 0.6) is 5.75 Å². The summed E-state index contributed by atoms with van der Waals surface area (Å²) in [6, 6.07) is 6.05. The highest BCUT2D eigenvalue weighted by Crippen LogP contribution is 2.29. The van der Waals surface area contributed by atoms with Crippen LogP contribution in [0.2, 0.25) is 0 Å². The summed E-state index contributed by atoms with van der Waals surface area (Å²) >= 11 is 0. The average Bonchev–Trinajstić information content (AvgIpc) is 2.41. The van der Waals surface area contributed by atoms with Crippen molar-refractivity contribution >= 4 is 0 Å².